The molecule has 0 aromatic heterocycles. The third-order valence-corrected chi connectivity index (χ3v) is 3.91. The van der Waals surface area contributed by atoms with Crippen molar-refractivity contribution in [3.8, 4) is 5.75 Å². The number of nitrogens with two attached hydrogens (primary N) is 1. The first-order valence-electron chi connectivity index (χ1n) is 5.98. The smallest absolute Gasteiger partial charge is 0.124 e. The molecule has 0 radical (unpaired) electrons. The van der Waals surface area contributed by atoms with Crippen LogP contribution in [-0.4, -0.2) is 18.1 Å². The van der Waals surface area contributed by atoms with Crippen molar-refractivity contribution in [1.82, 2.24) is 0 Å². The molecule has 0 aliphatic carbocycles. The standard InChI is InChI=1S/C14H23NOS/c1-9(2)17-8-12(15)14-11(4)6-10(3)7-13(14)16-5/h6-7,9,12H,8,15H2,1-5H3. The van der Waals surface area contributed by atoms with Crippen molar-refractivity contribution in [1.29, 1.82) is 0 Å². The highest BCUT2D eigenvalue weighted by atomic mass is 32.2. The summed E-state index contributed by atoms with van der Waals surface area (Å²) in [7, 11) is 1.71. The second-order valence-corrected chi connectivity index (χ2v) is 6.30. The number of methoxy groups -OCH3 is 1. The zero-order chi connectivity index (χ0) is 13.0. The summed E-state index contributed by atoms with van der Waals surface area (Å²) >= 11 is 1.89. The Balaban J connectivity index is 2.95. The highest BCUT2D eigenvalue weighted by Crippen LogP contribution is 2.31. The lowest BCUT2D eigenvalue weighted by Crippen LogP contribution is -2.17. The number of benzene rings is 1. The molecule has 0 heterocycles. The van der Waals surface area contributed by atoms with Gasteiger partial charge in [-0.05, 0) is 36.3 Å². The minimum Gasteiger partial charge on any atom is -0.496 e. The molecule has 0 fully saturated rings. The van der Waals surface area contributed by atoms with Gasteiger partial charge in [0.15, 0.2) is 0 Å². The van der Waals surface area contributed by atoms with Crippen LogP contribution >= 0.6 is 11.8 Å². The van der Waals surface area contributed by atoms with Gasteiger partial charge in [-0.25, -0.2) is 0 Å². The van der Waals surface area contributed by atoms with Crippen molar-refractivity contribution in [2.24, 2.45) is 5.73 Å². The van der Waals surface area contributed by atoms with Crippen LogP contribution in [0.2, 0.25) is 0 Å². The van der Waals surface area contributed by atoms with E-state index in [0.29, 0.717) is 5.25 Å². The molecule has 0 saturated carbocycles. The highest BCUT2D eigenvalue weighted by molar-refractivity contribution is 7.99. The molecule has 2 N–H and O–H groups in total. The van der Waals surface area contributed by atoms with Gasteiger partial charge in [-0.15, -0.1) is 0 Å². The summed E-state index contributed by atoms with van der Waals surface area (Å²) in [5, 5.41) is 0.609. The maximum atomic E-state index is 6.27. The molecule has 1 aromatic carbocycles. The first-order chi connectivity index (χ1) is 7.95. The van der Waals surface area contributed by atoms with Gasteiger partial charge in [-0.3, -0.25) is 0 Å². The fourth-order valence-electron chi connectivity index (χ4n) is 1.96. The van der Waals surface area contributed by atoms with Gasteiger partial charge in [-0.2, -0.15) is 11.8 Å². The van der Waals surface area contributed by atoms with Gasteiger partial charge < -0.3 is 10.5 Å². The molecule has 0 bridgehead atoms. The number of hydrogen-bond donors (Lipinski definition) is 1. The van der Waals surface area contributed by atoms with Crippen LogP contribution in [0.3, 0.4) is 0 Å². The molecule has 1 unspecified atom stereocenters. The summed E-state index contributed by atoms with van der Waals surface area (Å²) in [6, 6.07) is 4.26. The second kappa shape index (κ2) is 6.31. The molecule has 3 heteroatoms. The summed E-state index contributed by atoms with van der Waals surface area (Å²) in [4.78, 5) is 0. The molecule has 96 valence electrons. The first kappa shape index (κ1) is 14.4. The fraction of sp³-hybridized carbons (Fsp3) is 0.571. The molecule has 1 aromatic rings. The van der Waals surface area contributed by atoms with Gasteiger partial charge in [-0.1, -0.05) is 19.9 Å². The van der Waals surface area contributed by atoms with E-state index in [1.165, 1.54) is 11.1 Å². The Kier molecular flexibility index (Phi) is 5.34. The van der Waals surface area contributed by atoms with Gasteiger partial charge in [0.1, 0.15) is 5.75 Å². The second-order valence-electron chi connectivity index (χ2n) is 4.69. The van der Waals surface area contributed by atoms with Gasteiger partial charge in [0, 0.05) is 17.4 Å². The number of ether oxygens (including phenoxy) is 1. The van der Waals surface area contributed by atoms with Crippen molar-refractivity contribution < 1.29 is 4.74 Å². The lowest BCUT2D eigenvalue weighted by atomic mass is 9.99. The molecular weight excluding hydrogens is 230 g/mol. The summed E-state index contributed by atoms with van der Waals surface area (Å²) in [5.41, 5.74) is 9.85. The average Bonchev–Trinajstić information content (AvgIpc) is 2.24. The van der Waals surface area contributed by atoms with E-state index in [4.69, 9.17) is 10.5 Å². The van der Waals surface area contributed by atoms with E-state index in [9.17, 15) is 0 Å². The molecule has 1 rings (SSSR count). The Morgan fingerprint density at radius 3 is 2.47 bits per heavy atom. The van der Waals surface area contributed by atoms with E-state index in [-0.39, 0.29) is 6.04 Å². The molecule has 2 nitrogen and oxygen atoms in total. The van der Waals surface area contributed by atoms with Crippen LogP contribution in [0, 0.1) is 13.8 Å². The van der Waals surface area contributed by atoms with Crippen LogP contribution in [0.4, 0.5) is 0 Å². The van der Waals surface area contributed by atoms with Crippen LogP contribution < -0.4 is 10.5 Å². The van der Waals surface area contributed by atoms with Crippen LogP contribution in [-0.2, 0) is 0 Å². The van der Waals surface area contributed by atoms with Gasteiger partial charge in [0.05, 0.1) is 7.11 Å². The summed E-state index contributed by atoms with van der Waals surface area (Å²) in [6.45, 7) is 8.56. The Labute approximate surface area is 109 Å². The molecular formula is C14H23NOS. The third-order valence-electron chi connectivity index (χ3n) is 2.69. The van der Waals surface area contributed by atoms with Crippen molar-refractivity contribution in [3.63, 3.8) is 0 Å². The molecule has 0 aliphatic rings. The van der Waals surface area contributed by atoms with Gasteiger partial charge in [0.2, 0.25) is 0 Å². The lowest BCUT2D eigenvalue weighted by molar-refractivity contribution is 0.406. The van der Waals surface area contributed by atoms with Crippen LogP contribution in [0.15, 0.2) is 12.1 Å². The summed E-state index contributed by atoms with van der Waals surface area (Å²) in [5.74, 6) is 1.84. The summed E-state index contributed by atoms with van der Waals surface area (Å²) in [6.07, 6.45) is 0. The Hall–Kier alpha value is -0.670. The molecule has 0 spiro atoms. The Bertz CT molecular complexity index is 377. The van der Waals surface area contributed by atoms with Gasteiger partial charge >= 0.3 is 0 Å². The predicted octanol–water partition coefficient (Wildman–Crippen LogP) is 3.45. The number of rotatable bonds is 5. The minimum atomic E-state index is 0.0398. The number of aryl methyl sites for hydroxylation is 2. The SMILES string of the molecule is COc1cc(C)cc(C)c1C(N)CSC(C)C. The van der Waals surface area contributed by atoms with Crippen molar-refractivity contribution in [3.05, 3.63) is 28.8 Å². The number of hydrogen-bond acceptors (Lipinski definition) is 3. The number of thioether (sulfide) groups is 1. The van der Waals surface area contributed by atoms with E-state index in [0.717, 1.165) is 17.1 Å². The quantitative estimate of drug-likeness (QED) is 0.873. The topological polar surface area (TPSA) is 35.2 Å². The van der Waals surface area contributed by atoms with E-state index >= 15 is 0 Å². The zero-order valence-electron chi connectivity index (χ0n) is 11.4. The van der Waals surface area contributed by atoms with Gasteiger partial charge in [0.25, 0.3) is 0 Å². The van der Waals surface area contributed by atoms with E-state index in [1.54, 1.807) is 7.11 Å². The van der Waals surface area contributed by atoms with Crippen molar-refractivity contribution in [2.75, 3.05) is 12.9 Å². The predicted molar refractivity (Wildman–Crippen MR) is 77.0 cm³/mol. The third kappa shape index (κ3) is 3.93. The fourth-order valence-corrected chi connectivity index (χ4v) is 2.72. The van der Waals surface area contributed by atoms with Crippen molar-refractivity contribution in [2.45, 2.75) is 39.0 Å². The van der Waals surface area contributed by atoms with Crippen LogP contribution in [0.1, 0.15) is 36.6 Å². The maximum absolute atomic E-state index is 6.27. The molecule has 0 saturated heterocycles. The van der Waals surface area contributed by atoms with E-state index in [2.05, 4.69) is 39.8 Å². The van der Waals surface area contributed by atoms with E-state index in [1.807, 2.05) is 11.8 Å². The first-order valence-corrected chi connectivity index (χ1v) is 7.03. The largest absolute Gasteiger partial charge is 0.496 e. The van der Waals surface area contributed by atoms with Crippen LogP contribution in [0.5, 0.6) is 5.75 Å². The Morgan fingerprint density at radius 1 is 1.29 bits per heavy atom. The van der Waals surface area contributed by atoms with Crippen LogP contribution in [0.25, 0.3) is 0 Å². The summed E-state index contributed by atoms with van der Waals surface area (Å²) < 4.78 is 5.45. The molecule has 17 heavy (non-hydrogen) atoms. The molecule has 0 aliphatic heterocycles. The zero-order valence-corrected chi connectivity index (χ0v) is 12.2. The maximum Gasteiger partial charge on any atom is 0.124 e. The lowest BCUT2D eigenvalue weighted by Gasteiger charge is -2.19. The normalized spacial score (nSPS) is 12.9. The highest BCUT2D eigenvalue weighted by Gasteiger charge is 2.15. The van der Waals surface area contributed by atoms with E-state index < -0.39 is 0 Å². The molecule has 1 atom stereocenters. The minimum absolute atomic E-state index is 0.0398. The molecule has 0 amide bonds. The Morgan fingerprint density at radius 2 is 1.94 bits per heavy atom. The monoisotopic (exact) mass is 253 g/mol. The van der Waals surface area contributed by atoms with Crippen molar-refractivity contribution >= 4 is 11.8 Å². The average molecular weight is 253 g/mol.